The van der Waals surface area contributed by atoms with E-state index < -0.39 is 23.8 Å². The van der Waals surface area contributed by atoms with Crippen LogP contribution in [-0.4, -0.2) is 30.9 Å². The van der Waals surface area contributed by atoms with Crippen LogP contribution >= 0.6 is 0 Å². The second-order valence-corrected chi connectivity index (χ2v) is 5.29. The first kappa shape index (κ1) is 16.4. The molecule has 126 valence electrons. The number of nitrogens with zero attached hydrogens (tertiary/aromatic N) is 1. The molecule has 2 amide bonds. The first-order valence-corrected chi connectivity index (χ1v) is 7.32. The van der Waals surface area contributed by atoms with Gasteiger partial charge in [0.05, 0.1) is 29.5 Å². The molecule has 0 unspecified atom stereocenters. The first-order chi connectivity index (χ1) is 11.9. The zero-order valence-corrected chi connectivity index (χ0v) is 13.4. The highest BCUT2D eigenvalue weighted by Gasteiger charge is 2.37. The quantitative estimate of drug-likeness (QED) is 0.484. The van der Waals surface area contributed by atoms with Crippen molar-refractivity contribution in [3.8, 4) is 5.75 Å². The molecule has 25 heavy (non-hydrogen) atoms. The van der Waals surface area contributed by atoms with Crippen molar-refractivity contribution < 1.29 is 28.7 Å². The monoisotopic (exact) mass is 339 g/mol. The Morgan fingerprint density at radius 3 is 2.36 bits per heavy atom. The number of ether oxygens (including phenoxy) is 2. The summed E-state index contributed by atoms with van der Waals surface area (Å²) in [6, 6.07) is 10.2. The number of rotatable bonds is 3. The molecule has 0 bridgehead atoms. The number of carbonyl (C=O) groups excluding carboxylic acids is 4. The van der Waals surface area contributed by atoms with E-state index in [-0.39, 0.29) is 28.1 Å². The summed E-state index contributed by atoms with van der Waals surface area (Å²) in [5, 5.41) is 0. The molecule has 0 saturated carbocycles. The number of imide groups is 1. The first-order valence-electron chi connectivity index (χ1n) is 7.32. The van der Waals surface area contributed by atoms with E-state index >= 15 is 0 Å². The predicted molar refractivity (Wildman–Crippen MR) is 86.7 cm³/mol. The van der Waals surface area contributed by atoms with Gasteiger partial charge in [0.2, 0.25) is 0 Å². The zero-order chi connectivity index (χ0) is 18.1. The minimum Gasteiger partial charge on any atom is -0.465 e. The summed E-state index contributed by atoms with van der Waals surface area (Å²) < 4.78 is 9.60. The maximum absolute atomic E-state index is 12.6. The SMILES string of the molecule is COC(=O)c1ccc2c(c1)C(=O)N(c1cccc(OC(C)=O)c1)C2=O. The largest absolute Gasteiger partial charge is 0.465 e. The average Bonchev–Trinajstić information content (AvgIpc) is 2.84. The molecular weight excluding hydrogens is 326 g/mol. The van der Waals surface area contributed by atoms with Gasteiger partial charge >= 0.3 is 11.9 Å². The number of amides is 2. The number of fused-ring (bicyclic) bond motifs is 1. The molecule has 2 aromatic rings. The van der Waals surface area contributed by atoms with E-state index in [1.807, 2.05) is 0 Å². The highest BCUT2D eigenvalue weighted by atomic mass is 16.5. The number of anilines is 1. The molecule has 0 saturated heterocycles. The van der Waals surface area contributed by atoms with Gasteiger partial charge in [-0.3, -0.25) is 14.4 Å². The Bertz CT molecular complexity index is 918. The Labute approximate surface area is 142 Å². The van der Waals surface area contributed by atoms with Crippen LogP contribution in [0.3, 0.4) is 0 Å². The normalized spacial score (nSPS) is 12.8. The van der Waals surface area contributed by atoms with Crippen LogP contribution in [0.4, 0.5) is 5.69 Å². The fourth-order valence-electron chi connectivity index (χ4n) is 2.57. The Balaban J connectivity index is 2.00. The van der Waals surface area contributed by atoms with Crippen LogP contribution in [0.15, 0.2) is 42.5 Å². The molecule has 7 nitrogen and oxygen atoms in total. The summed E-state index contributed by atoms with van der Waals surface area (Å²) in [5.74, 6) is -1.97. The summed E-state index contributed by atoms with van der Waals surface area (Å²) in [5.41, 5.74) is 0.754. The van der Waals surface area contributed by atoms with Gasteiger partial charge in [0.1, 0.15) is 5.75 Å². The van der Waals surface area contributed by atoms with Crippen LogP contribution in [0.5, 0.6) is 5.75 Å². The molecule has 1 aliphatic heterocycles. The lowest BCUT2D eigenvalue weighted by atomic mass is 10.1. The maximum atomic E-state index is 12.6. The molecule has 3 rings (SSSR count). The molecule has 0 radical (unpaired) electrons. The van der Waals surface area contributed by atoms with Gasteiger partial charge in [0.25, 0.3) is 11.8 Å². The lowest BCUT2D eigenvalue weighted by molar-refractivity contribution is -0.131. The van der Waals surface area contributed by atoms with E-state index in [9.17, 15) is 19.2 Å². The second kappa shape index (κ2) is 6.20. The smallest absolute Gasteiger partial charge is 0.337 e. The van der Waals surface area contributed by atoms with E-state index in [4.69, 9.17) is 4.74 Å². The van der Waals surface area contributed by atoms with E-state index in [0.717, 1.165) is 4.90 Å². The molecule has 7 heteroatoms. The van der Waals surface area contributed by atoms with Crippen molar-refractivity contribution in [1.82, 2.24) is 0 Å². The predicted octanol–water partition coefficient (Wildman–Crippen LogP) is 2.20. The van der Waals surface area contributed by atoms with Crippen molar-refractivity contribution in [1.29, 1.82) is 0 Å². The lowest BCUT2D eigenvalue weighted by Gasteiger charge is -2.14. The summed E-state index contributed by atoms with van der Waals surface area (Å²) in [6.45, 7) is 1.25. The van der Waals surface area contributed by atoms with Crippen LogP contribution in [0.25, 0.3) is 0 Å². The molecule has 0 aliphatic carbocycles. The van der Waals surface area contributed by atoms with Crippen molar-refractivity contribution in [2.75, 3.05) is 12.0 Å². The van der Waals surface area contributed by atoms with Gasteiger partial charge in [-0.05, 0) is 30.3 Å². The highest BCUT2D eigenvalue weighted by molar-refractivity contribution is 6.34. The Morgan fingerprint density at radius 1 is 0.960 bits per heavy atom. The molecular formula is C18H13NO6. The lowest BCUT2D eigenvalue weighted by Crippen LogP contribution is -2.29. The summed E-state index contributed by atoms with van der Waals surface area (Å²) in [6.07, 6.45) is 0. The molecule has 0 N–H and O–H groups in total. The van der Waals surface area contributed by atoms with Crippen molar-refractivity contribution in [3.05, 3.63) is 59.2 Å². The Hall–Kier alpha value is -3.48. The minimum atomic E-state index is -0.599. The third-order valence-electron chi connectivity index (χ3n) is 3.65. The molecule has 0 spiro atoms. The van der Waals surface area contributed by atoms with Gasteiger partial charge in [-0.25, -0.2) is 9.69 Å². The Morgan fingerprint density at radius 2 is 1.68 bits per heavy atom. The molecule has 1 aliphatic rings. The van der Waals surface area contributed by atoms with E-state index in [2.05, 4.69) is 4.74 Å². The highest BCUT2D eigenvalue weighted by Crippen LogP contribution is 2.31. The van der Waals surface area contributed by atoms with E-state index in [1.165, 1.54) is 38.3 Å². The third kappa shape index (κ3) is 2.87. The van der Waals surface area contributed by atoms with Crippen molar-refractivity contribution in [2.24, 2.45) is 0 Å². The van der Waals surface area contributed by atoms with E-state index in [1.54, 1.807) is 18.2 Å². The molecule has 2 aromatic carbocycles. The summed E-state index contributed by atoms with van der Waals surface area (Å²) in [7, 11) is 1.23. The molecule has 1 heterocycles. The van der Waals surface area contributed by atoms with Crippen LogP contribution < -0.4 is 9.64 Å². The van der Waals surface area contributed by atoms with Gasteiger partial charge < -0.3 is 9.47 Å². The van der Waals surface area contributed by atoms with Crippen LogP contribution in [0, 0.1) is 0 Å². The number of hydrogen-bond donors (Lipinski definition) is 0. The van der Waals surface area contributed by atoms with Crippen molar-refractivity contribution in [3.63, 3.8) is 0 Å². The summed E-state index contributed by atoms with van der Waals surface area (Å²) in [4.78, 5) is 48.9. The number of carbonyl (C=O) groups is 4. The standard InChI is InChI=1S/C18H13NO6/c1-10(20)25-13-5-3-4-12(9-13)19-16(21)14-7-6-11(18(23)24-2)8-15(14)17(19)22/h3-9H,1-2H3. The van der Waals surface area contributed by atoms with Crippen molar-refractivity contribution >= 4 is 29.4 Å². The number of esters is 2. The van der Waals surface area contributed by atoms with Gasteiger partial charge in [-0.1, -0.05) is 6.07 Å². The molecule has 0 aromatic heterocycles. The van der Waals surface area contributed by atoms with Gasteiger partial charge in [-0.15, -0.1) is 0 Å². The number of methoxy groups -OCH3 is 1. The third-order valence-corrected chi connectivity index (χ3v) is 3.65. The van der Waals surface area contributed by atoms with Crippen LogP contribution in [0.2, 0.25) is 0 Å². The molecule has 0 atom stereocenters. The average molecular weight is 339 g/mol. The summed E-state index contributed by atoms with van der Waals surface area (Å²) >= 11 is 0. The fraction of sp³-hybridized carbons (Fsp3) is 0.111. The van der Waals surface area contributed by atoms with Crippen molar-refractivity contribution in [2.45, 2.75) is 6.92 Å². The van der Waals surface area contributed by atoms with Gasteiger partial charge in [0.15, 0.2) is 0 Å². The van der Waals surface area contributed by atoms with Crippen LogP contribution in [0.1, 0.15) is 38.0 Å². The van der Waals surface area contributed by atoms with Gasteiger partial charge in [-0.2, -0.15) is 0 Å². The zero-order valence-electron chi connectivity index (χ0n) is 13.4. The topological polar surface area (TPSA) is 90.0 Å². The number of hydrogen-bond acceptors (Lipinski definition) is 6. The molecule has 0 fully saturated rings. The minimum absolute atomic E-state index is 0.116. The fourth-order valence-corrected chi connectivity index (χ4v) is 2.57. The second-order valence-electron chi connectivity index (χ2n) is 5.29. The van der Waals surface area contributed by atoms with Gasteiger partial charge in [0, 0.05) is 13.0 Å². The van der Waals surface area contributed by atoms with E-state index in [0.29, 0.717) is 0 Å². The Kier molecular flexibility index (Phi) is 4.06. The maximum Gasteiger partial charge on any atom is 0.337 e. The van der Waals surface area contributed by atoms with Crippen LogP contribution in [-0.2, 0) is 9.53 Å². The number of benzene rings is 2.